The number of aliphatic hydroxyl groups excluding tert-OH is 1. The summed E-state index contributed by atoms with van der Waals surface area (Å²) in [6.07, 6.45) is 6.52. The molecule has 1 fully saturated rings. The van der Waals surface area contributed by atoms with Crippen molar-refractivity contribution >= 4 is 10.9 Å². The molecule has 0 amide bonds. The van der Waals surface area contributed by atoms with Crippen LogP contribution in [0.1, 0.15) is 44.7 Å². The van der Waals surface area contributed by atoms with Crippen molar-refractivity contribution in [2.24, 2.45) is 5.92 Å². The fraction of sp³-hybridized carbons (Fsp3) is 0.588. The quantitative estimate of drug-likeness (QED) is 0.868. The number of nitrogens with zero attached hydrogens (tertiary/aromatic N) is 2. The van der Waals surface area contributed by atoms with E-state index < -0.39 is 0 Å². The molecule has 1 aromatic heterocycles. The smallest absolute Gasteiger partial charge is 0.0707 e. The molecular weight excluding hydrogens is 248 g/mol. The number of aliphatic hydroxyl groups is 1. The van der Waals surface area contributed by atoms with E-state index in [0.717, 1.165) is 31.5 Å². The summed E-state index contributed by atoms with van der Waals surface area (Å²) in [6, 6.07) is 8.45. The van der Waals surface area contributed by atoms with E-state index in [9.17, 15) is 5.11 Å². The summed E-state index contributed by atoms with van der Waals surface area (Å²) < 4.78 is 2.08. The summed E-state index contributed by atoms with van der Waals surface area (Å²) >= 11 is 0. The van der Waals surface area contributed by atoms with Crippen LogP contribution in [0.2, 0.25) is 0 Å². The molecule has 1 heterocycles. The molecule has 1 aliphatic rings. The second kappa shape index (κ2) is 5.96. The SMILES string of the molecule is CCn1nc(CC2CCCCCC2O)c2ccccc21. The first kappa shape index (κ1) is 13.6. The van der Waals surface area contributed by atoms with Crippen LogP contribution in [-0.4, -0.2) is 21.0 Å². The Bertz CT molecular complexity index is 575. The Balaban J connectivity index is 1.90. The molecule has 1 saturated carbocycles. The van der Waals surface area contributed by atoms with E-state index in [2.05, 4.69) is 35.9 Å². The van der Waals surface area contributed by atoms with Crippen molar-refractivity contribution in [1.29, 1.82) is 0 Å². The molecule has 3 nitrogen and oxygen atoms in total. The molecule has 0 bridgehead atoms. The number of para-hydroxylation sites is 1. The molecule has 1 aromatic carbocycles. The molecule has 0 saturated heterocycles. The van der Waals surface area contributed by atoms with E-state index in [0.29, 0.717) is 5.92 Å². The fourth-order valence-electron chi connectivity index (χ4n) is 3.44. The molecule has 3 heteroatoms. The van der Waals surface area contributed by atoms with Crippen LogP contribution in [0.15, 0.2) is 24.3 Å². The molecule has 3 rings (SSSR count). The van der Waals surface area contributed by atoms with E-state index in [1.165, 1.54) is 30.2 Å². The lowest BCUT2D eigenvalue weighted by Crippen LogP contribution is -2.21. The van der Waals surface area contributed by atoms with Crippen LogP contribution in [0, 0.1) is 5.92 Å². The Hall–Kier alpha value is -1.35. The Kier molecular flexibility index (Phi) is 4.06. The number of aromatic nitrogens is 2. The zero-order valence-corrected chi connectivity index (χ0v) is 12.3. The predicted molar refractivity (Wildman–Crippen MR) is 81.7 cm³/mol. The third-order valence-electron chi connectivity index (χ3n) is 4.61. The minimum atomic E-state index is -0.150. The number of aryl methyl sites for hydroxylation is 1. The molecule has 108 valence electrons. The summed E-state index contributed by atoms with van der Waals surface area (Å²) in [5, 5.41) is 16.3. The van der Waals surface area contributed by atoms with Crippen LogP contribution >= 0.6 is 0 Å². The number of hydrogen-bond acceptors (Lipinski definition) is 2. The standard InChI is InChI=1S/C17H24N2O/c1-2-19-16-10-7-6-9-14(16)15(18-19)12-13-8-4-3-5-11-17(13)20/h6-7,9-10,13,17,20H,2-5,8,11-12H2,1H3. The highest BCUT2D eigenvalue weighted by atomic mass is 16.3. The van der Waals surface area contributed by atoms with Crippen molar-refractivity contribution < 1.29 is 5.11 Å². The van der Waals surface area contributed by atoms with Gasteiger partial charge in [-0.1, -0.05) is 37.5 Å². The summed E-state index contributed by atoms with van der Waals surface area (Å²) in [4.78, 5) is 0. The second-order valence-electron chi connectivity index (χ2n) is 5.95. The highest BCUT2D eigenvalue weighted by molar-refractivity contribution is 5.81. The number of fused-ring (bicyclic) bond motifs is 1. The molecule has 1 N–H and O–H groups in total. The zero-order chi connectivity index (χ0) is 13.9. The van der Waals surface area contributed by atoms with Crippen molar-refractivity contribution in [2.75, 3.05) is 0 Å². The topological polar surface area (TPSA) is 38.0 Å². The minimum Gasteiger partial charge on any atom is -0.393 e. The van der Waals surface area contributed by atoms with Crippen molar-refractivity contribution in [3.05, 3.63) is 30.0 Å². The fourth-order valence-corrected chi connectivity index (χ4v) is 3.44. The van der Waals surface area contributed by atoms with Crippen molar-refractivity contribution in [1.82, 2.24) is 9.78 Å². The van der Waals surface area contributed by atoms with Crippen LogP contribution in [-0.2, 0) is 13.0 Å². The lowest BCUT2D eigenvalue weighted by Gasteiger charge is -2.19. The van der Waals surface area contributed by atoms with Gasteiger partial charge in [-0.3, -0.25) is 4.68 Å². The number of hydrogen-bond donors (Lipinski definition) is 1. The van der Waals surface area contributed by atoms with Gasteiger partial charge in [0.25, 0.3) is 0 Å². The maximum Gasteiger partial charge on any atom is 0.0707 e. The minimum absolute atomic E-state index is 0.150. The van der Waals surface area contributed by atoms with Gasteiger partial charge in [0.2, 0.25) is 0 Å². The van der Waals surface area contributed by atoms with Gasteiger partial charge in [0, 0.05) is 11.9 Å². The Morgan fingerprint density at radius 3 is 2.85 bits per heavy atom. The van der Waals surface area contributed by atoms with Crippen molar-refractivity contribution in [2.45, 2.75) is 58.1 Å². The molecule has 1 aliphatic carbocycles. The van der Waals surface area contributed by atoms with Crippen molar-refractivity contribution in [3.63, 3.8) is 0 Å². The summed E-state index contributed by atoms with van der Waals surface area (Å²) in [6.45, 7) is 3.03. The van der Waals surface area contributed by atoms with Crippen LogP contribution in [0.25, 0.3) is 10.9 Å². The van der Waals surface area contributed by atoms with E-state index in [1.54, 1.807) is 0 Å². The lowest BCUT2D eigenvalue weighted by molar-refractivity contribution is 0.100. The maximum atomic E-state index is 10.3. The second-order valence-corrected chi connectivity index (χ2v) is 5.95. The number of benzene rings is 1. The monoisotopic (exact) mass is 272 g/mol. The molecule has 0 spiro atoms. The molecule has 20 heavy (non-hydrogen) atoms. The summed E-state index contributed by atoms with van der Waals surface area (Å²) in [5.74, 6) is 0.376. The Labute approximate surface area is 120 Å². The Morgan fingerprint density at radius 2 is 2.00 bits per heavy atom. The number of rotatable bonds is 3. The van der Waals surface area contributed by atoms with E-state index in [1.807, 2.05) is 0 Å². The third kappa shape index (κ3) is 2.59. The average Bonchev–Trinajstić information content (AvgIpc) is 2.70. The van der Waals surface area contributed by atoms with Gasteiger partial charge in [0.15, 0.2) is 0 Å². The van der Waals surface area contributed by atoms with Crippen LogP contribution in [0.5, 0.6) is 0 Å². The van der Waals surface area contributed by atoms with E-state index in [4.69, 9.17) is 5.10 Å². The molecule has 2 aromatic rings. The van der Waals surface area contributed by atoms with Crippen LogP contribution in [0.4, 0.5) is 0 Å². The van der Waals surface area contributed by atoms with Crippen LogP contribution < -0.4 is 0 Å². The van der Waals surface area contributed by atoms with Gasteiger partial charge in [-0.05, 0) is 38.2 Å². The normalized spacial score (nSPS) is 23.9. The molecule has 0 aliphatic heterocycles. The average molecular weight is 272 g/mol. The molecular formula is C17H24N2O. The largest absolute Gasteiger partial charge is 0.393 e. The summed E-state index contributed by atoms with van der Waals surface area (Å²) in [7, 11) is 0. The summed E-state index contributed by atoms with van der Waals surface area (Å²) in [5.41, 5.74) is 2.38. The lowest BCUT2D eigenvalue weighted by atomic mass is 9.91. The first-order valence-corrected chi connectivity index (χ1v) is 7.92. The Morgan fingerprint density at radius 1 is 1.20 bits per heavy atom. The van der Waals surface area contributed by atoms with Gasteiger partial charge in [0.1, 0.15) is 0 Å². The van der Waals surface area contributed by atoms with Gasteiger partial charge in [-0.25, -0.2) is 0 Å². The van der Waals surface area contributed by atoms with E-state index in [-0.39, 0.29) is 6.10 Å². The molecule has 2 unspecified atom stereocenters. The van der Waals surface area contributed by atoms with Crippen molar-refractivity contribution in [3.8, 4) is 0 Å². The van der Waals surface area contributed by atoms with Gasteiger partial charge in [0.05, 0.1) is 17.3 Å². The van der Waals surface area contributed by atoms with E-state index >= 15 is 0 Å². The molecule has 2 atom stereocenters. The van der Waals surface area contributed by atoms with Gasteiger partial charge in [-0.15, -0.1) is 0 Å². The highest BCUT2D eigenvalue weighted by Crippen LogP contribution is 2.29. The maximum absolute atomic E-state index is 10.3. The first-order chi connectivity index (χ1) is 9.79. The van der Waals surface area contributed by atoms with Crippen LogP contribution in [0.3, 0.4) is 0 Å². The highest BCUT2D eigenvalue weighted by Gasteiger charge is 2.24. The predicted octanol–water partition coefficient (Wildman–Crippen LogP) is 3.54. The van der Waals surface area contributed by atoms with Gasteiger partial charge >= 0.3 is 0 Å². The van der Waals surface area contributed by atoms with Gasteiger partial charge in [-0.2, -0.15) is 5.10 Å². The third-order valence-corrected chi connectivity index (χ3v) is 4.61. The molecule has 0 radical (unpaired) electrons. The van der Waals surface area contributed by atoms with Gasteiger partial charge < -0.3 is 5.11 Å². The first-order valence-electron chi connectivity index (χ1n) is 7.92. The zero-order valence-electron chi connectivity index (χ0n) is 12.3.